The van der Waals surface area contributed by atoms with Crippen molar-refractivity contribution in [2.24, 2.45) is 0 Å². The van der Waals surface area contributed by atoms with Crippen LogP contribution in [-0.4, -0.2) is 39.0 Å². The Labute approximate surface area is 154 Å². The summed E-state index contributed by atoms with van der Waals surface area (Å²) >= 11 is 0. The maximum Gasteiger partial charge on any atom is 0.320 e. The molecule has 0 aliphatic rings. The molecule has 27 heavy (non-hydrogen) atoms. The quantitative estimate of drug-likeness (QED) is 0.549. The Morgan fingerprint density at radius 3 is 2.67 bits per heavy atom. The van der Waals surface area contributed by atoms with Gasteiger partial charge in [-0.3, -0.25) is 10.4 Å². The van der Waals surface area contributed by atoms with Crippen molar-refractivity contribution in [3.8, 4) is 5.88 Å². The normalized spacial score (nSPS) is 12.6. The van der Waals surface area contributed by atoms with Crippen LogP contribution in [-0.2, 0) is 0 Å². The molecule has 0 radical (unpaired) electrons. The summed E-state index contributed by atoms with van der Waals surface area (Å²) in [7, 11) is 1.50. The Morgan fingerprint density at radius 2 is 2.04 bits per heavy atom. The molecule has 3 aromatic rings. The van der Waals surface area contributed by atoms with Crippen molar-refractivity contribution in [3.05, 3.63) is 47.9 Å². The van der Waals surface area contributed by atoms with Gasteiger partial charge in [0.2, 0.25) is 5.88 Å². The average molecular weight is 373 g/mol. The molecule has 1 atom stereocenters. The summed E-state index contributed by atoms with van der Waals surface area (Å²) in [6.07, 6.45) is 1.53. The van der Waals surface area contributed by atoms with Crippen LogP contribution in [0.2, 0.25) is 0 Å². The van der Waals surface area contributed by atoms with E-state index in [1.807, 2.05) is 0 Å². The molecule has 1 aromatic carbocycles. The van der Waals surface area contributed by atoms with E-state index < -0.39 is 23.5 Å². The van der Waals surface area contributed by atoms with Gasteiger partial charge in [-0.1, -0.05) is 12.1 Å². The van der Waals surface area contributed by atoms with Gasteiger partial charge >= 0.3 is 6.03 Å². The number of aromatic amines is 1. The maximum absolute atomic E-state index is 13.2. The predicted molar refractivity (Wildman–Crippen MR) is 98.0 cm³/mol. The number of urea groups is 1. The first-order chi connectivity index (χ1) is 12.8. The second kappa shape index (κ2) is 7.20. The lowest BCUT2D eigenvalue weighted by Gasteiger charge is -2.30. The molecule has 8 nitrogen and oxygen atoms in total. The number of anilines is 1. The minimum Gasteiger partial charge on any atom is -0.479 e. The minimum atomic E-state index is -1.27. The molecule has 0 saturated carbocycles. The second-order valence-electron chi connectivity index (χ2n) is 6.58. The van der Waals surface area contributed by atoms with Gasteiger partial charge in [-0.15, -0.1) is 5.10 Å². The molecule has 0 spiro atoms. The number of aliphatic hydroxyl groups is 1. The number of hydrogen-bond acceptors (Lipinski definition) is 5. The number of carbonyl (C=O) groups excluding carboxylic acids is 1. The zero-order valence-electron chi connectivity index (χ0n) is 15.1. The molecule has 3 rings (SSSR count). The monoisotopic (exact) mass is 373 g/mol. The molecule has 0 aliphatic carbocycles. The number of amides is 2. The van der Waals surface area contributed by atoms with E-state index in [4.69, 9.17) is 4.74 Å². The van der Waals surface area contributed by atoms with E-state index in [0.717, 1.165) is 0 Å². The third-order valence-electron chi connectivity index (χ3n) is 4.03. The van der Waals surface area contributed by atoms with Crippen molar-refractivity contribution in [2.45, 2.75) is 25.5 Å². The molecule has 0 bridgehead atoms. The zero-order chi connectivity index (χ0) is 19.6. The van der Waals surface area contributed by atoms with Crippen molar-refractivity contribution in [1.82, 2.24) is 20.5 Å². The summed E-state index contributed by atoms with van der Waals surface area (Å²) in [5, 5.41) is 23.2. The average Bonchev–Trinajstić information content (AvgIpc) is 3.02. The topological polar surface area (TPSA) is 112 Å². The molecule has 0 aliphatic heterocycles. The molecule has 0 fully saturated rings. The first-order valence-electron chi connectivity index (χ1n) is 8.21. The molecule has 2 aromatic heterocycles. The van der Waals surface area contributed by atoms with Crippen LogP contribution in [0.4, 0.5) is 15.0 Å². The molecular weight excluding hydrogens is 353 g/mol. The molecule has 2 amide bonds. The number of halogens is 1. The number of rotatable bonds is 5. The molecule has 2 heterocycles. The van der Waals surface area contributed by atoms with E-state index in [1.165, 1.54) is 37.6 Å². The Kier molecular flexibility index (Phi) is 4.95. The van der Waals surface area contributed by atoms with Crippen molar-refractivity contribution < 1.29 is 19.0 Å². The van der Waals surface area contributed by atoms with Crippen LogP contribution in [0.3, 0.4) is 0 Å². The molecule has 0 saturated heterocycles. The third-order valence-corrected chi connectivity index (χ3v) is 4.03. The van der Waals surface area contributed by atoms with E-state index in [9.17, 15) is 14.3 Å². The summed E-state index contributed by atoms with van der Waals surface area (Å²) in [5.41, 5.74) is -0.0565. The molecular formula is C18H20FN5O3. The fraction of sp³-hybridized carbons (Fsp3) is 0.278. The minimum absolute atomic E-state index is 0.292. The third kappa shape index (κ3) is 4.14. The first-order valence-corrected chi connectivity index (χ1v) is 8.21. The van der Waals surface area contributed by atoms with Gasteiger partial charge in [-0.25, -0.2) is 14.2 Å². The lowest BCUT2D eigenvalue weighted by atomic mass is 9.92. The zero-order valence-corrected chi connectivity index (χ0v) is 15.1. The molecule has 1 unspecified atom stereocenters. The lowest BCUT2D eigenvalue weighted by molar-refractivity contribution is 0.0415. The molecule has 4 N–H and O–H groups in total. The number of nitrogens with zero attached hydrogens (tertiary/aromatic N) is 2. The van der Waals surface area contributed by atoms with Gasteiger partial charge in [0.15, 0.2) is 0 Å². The lowest BCUT2D eigenvalue weighted by Crippen LogP contribution is -2.43. The van der Waals surface area contributed by atoms with E-state index in [0.29, 0.717) is 28.2 Å². The fourth-order valence-corrected chi connectivity index (χ4v) is 2.72. The van der Waals surface area contributed by atoms with Crippen molar-refractivity contribution in [1.29, 1.82) is 0 Å². The van der Waals surface area contributed by atoms with Crippen molar-refractivity contribution >= 4 is 22.8 Å². The summed E-state index contributed by atoms with van der Waals surface area (Å²) in [5.74, 6) is 0.303. The first kappa shape index (κ1) is 18.6. The van der Waals surface area contributed by atoms with Gasteiger partial charge < -0.3 is 15.2 Å². The van der Waals surface area contributed by atoms with Crippen molar-refractivity contribution in [3.63, 3.8) is 0 Å². The van der Waals surface area contributed by atoms with Gasteiger partial charge in [-0.2, -0.15) is 0 Å². The number of aromatic nitrogens is 3. The van der Waals surface area contributed by atoms with Crippen LogP contribution >= 0.6 is 0 Å². The Bertz CT molecular complexity index is 950. The highest BCUT2D eigenvalue weighted by Gasteiger charge is 2.30. The van der Waals surface area contributed by atoms with Gasteiger partial charge in [0.1, 0.15) is 11.6 Å². The van der Waals surface area contributed by atoms with Crippen LogP contribution in [0, 0.1) is 5.82 Å². The van der Waals surface area contributed by atoms with Crippen LogP contribution in [0.15, 0.2) is 36.5 Å². The number of nitrogens with one attached hydrogen (secondary N) is 3. The molecule has 142 valence electrons. The van der Waals surface area contributed by atoms with Crippen LogP contribution in [0.1, 0.15) is 25.5 Å². The maximum atomic E-state index is 13.2. The van der Waals surface area contributed by atoms with E-state index in [2.05, 4.69) is 25.8 Å². The summed E-state index contributed by atoms with van der Waals surface area (Å²) in [6, 6.07) is 5.86. The van der Waals surface area contributed by atoms with Gasteiger partial charge in [0.05, 0.1) is 29.7 Å². The number of H-pyrrole nitrogens is 1. The SMILES string of the molecule is COc1n[nH]c2cc(NC(=O)NC(c3ccc(F)cc3)C(C)(C)O)ncc12. The summed E-state index contributed by atoms with van der Waals surface area (Å²) in [6.45, 7) is 3.12. The van der Waals surface area contributed by atoms with E-state index >= 15 is 0 Å². The van der Waals surface area contributed by atoms with Gasteiger partial charge in [0, 0.05) is 12.3 Å². The van der Waals surface area contributed by atoms with E-state index in [-0.39, 0.29) is 0 Å². The van der Waals surface area contributed by atoms with Crippen molar-refractivity contribution in [2.75, 3.05) is 12.4 Å². The largest absolute Gasteiger partial charge is 0.479 e. The van der Waals surface area contributed by atoms with Crippen LogP contribution in [0.25, 0.3) is 10.9 Å². The van der Waals surface area contributed by atoms with Crippen LogP contribution < -0.4 is 15.4 Å². The number of ether oxygens (including phenoxy) is 1. The van der Waals surface area contributed by atoms with Gasteiger partial charge in [0.25, 0.3) is 0 Å². The van der Waals surface area contributed by atoms with Crippen LogP contribution in [0.5, 0.6) is 5.88 Å². The Morgan fingerprint density at radius 1 is 1.33 bits per heavy atom. The standard InChI is InChI=1S/C18H20FN5O3/c1-18(2,26)15(10-4-6-11(19)7-5-10)22-17(25)21-14-8-13-12(9-20-14)16(27-3)24-23-13/h4-9,15,26H,1-3H3,(H,23,24)(H2,20,21,22,25). The highest BCUT2D eigenvalue weighted by atomic mass is 19.1. The number of fused-ring (bicyclic) bond motifs is 1. The summed E-state index contributed by atoms with van der Waals surface area (Å²) < 4.78 is 18.3. The Hall–Kier alpha value is -3.20. The predicted octanol–water partition coefficient (Wildman–Crippen LogP) is 2.74. The second-order valence-corrected chi connectivity index (χ2v) is 6.58. The Balaban J connectivity index is 1.77. The number of hydrogen-bond donors (Lipinski definition) is 4. The smallest absolute Gasteiger partial charge is 0.320 e. The number of methoxy groups -OCH3 is 1. The van der Waals surface area contributed by atoms with Gasteiger partial charge in [-0.05, 0) is 31.5 Å². The molecule has 9 heteroatoms. The van der Waals surface area contributed by atoms with E-state index in [1.54, 1.807) is 19.9 Å². The highest BCUT2D eigenvalue weighted by Crippen LogP contribution is 2.26. The fourth-order valence-electron chi connectivity index (χ4n) is 2.72. The number of benzene rings is 1. The number of carbonyl (C=O) groups is 1. The highest BCUT2D eigenvalue weighted by molar-refractivity contribution is 5.92. The number of pyridine rings is 1. The summed E-state index contributed by atoms with van der Waals surface area (Å²) in [4.78, 5) is 16.6.